The van der Waals surface area contributed by atoms with Crippen LogP contribution in [0, 0.1) is 0 Å². The van der Waals surface area contributed by atoms with Crippen LogP contribution in [0.1, 0.15) is 18.1 Å². The van der Waals surface area contributed by atoms with Gasteiger partial charge in [-0.15, -0.1) is 11.3 Å². The molecule has 5 heterocycles. The van der Waals surface area contributed by atoms with Crippen LogP contribution < -0.4 is 4.90 Å². The molecule has 3 unspecified atom stereocenters. The number of alkyl halides is 5. The third-order valence-corrected chi connectivity index (χ3v) is 6.77. The molecule has 3 fully saturated rings. The topological polar surface area (TPSA) is 112 Å². The number of nitrogens with zero attached hydrogens (tertiary/aromatic N) is 4. The van der Waals surface area contributed by atoms with Crippen LogP contribution in [0.2, 0.25) is 0 Å². The molecular formula is C20H17F5N4O5S. The van der Waals surface area contributed by atoms with Crippen molar-refractivity contribution in [3.63, 3.8) is 0 Å². The molecule has 3 saturated heterocycles. The Morgan fingerprint density at radius 1 is 1.26 bits per heavy atom. The lowest BCUT2D eigenvalue weighted by Gasteiger charge is -2.54. The van der Waals surface area contributed by atoms with E-state index in [-0.39, 0.29) is 42.3 Å². The Morgan fingerprint density at radius 2 is 1.97 bits per heavy atom. The normalized spacial score (nSPS) is 21.3. The molecule has 0 aliphatic carbocycles. The van der Waals surface area contributed by atoms with Gasteiger partial charge in [0.1, 0.15) is 17.1 Å². The highest BCUT2D eigenvalue weighted by Crippen LogP contribution is 2.45. The van der Waals surface area contributed by atoms with Crippen LogP contribution in [0.3, 0.4) is 0 Å². The molecule has 0 radical (unpaired) electrons. The summed E-state index contributed by atoms with van der Waals surface area (Å²) in [5.41, 5.74) is -0.864. The van der Waals surface area contributed by atoms with E-state index in [4.69, 9.17) is 9.52 Å². The number of amides is 1. The van der Waals surface area contributed by atoms with Gasteiger partial charge >= 0.3 is 18.4 Å². The SMILES string of the molecule is O=C(O)N1C2CC1CN(c1nc3c(C(OC(F)(F)CO)C(F)(F)F)ccc(-c4nccs4)c3o1)C2. The van der Waals surface area contributed by atoms with Crippen LogP contribution in [-0.2, 0) is 4.74 Å². The highest BCUT2D eigenvalue weighted by Gasteiger charge is 2.50. The third-order valence-electron chi connectivity index (χ3n) is 5.96. The molecule has 3 aliphatic rings. The van der Waals surface area contributed by atoms with Crippen molar-refractivity contribution in [3.8, 4) is 10.6 Å². The number of aromatic nitrogens is 2. The fourth-order valence-electron chi connectivity index (χ4n) is 4.48. The van der Waals surface area contributed by atoms with Crippen LogP contribution in [0.15, 0.2) is 28.1 Å². The first-order valence-electron chi connectivity index (χ1n) is 10.3. The predicted molar refractivity (Wildman–Crippen MR) is 111 cm³/mol. The number of ether oxygens (including phenoxy) is 1. The van der Waals surface area contributed by atoms with E-state index in [2.05, 4.69) is 14.7 Å². The van der Waals surface area contributed by atoms with E-state index in [1.807, 2.05) is 0 Å². The van der Waals surface area contributed by atoms with E-state index in [9.17, 15) is 31.9 Å². The summed E-state index contributed by atoms with van der Waals surface area (Å²) in [4.78, 5) is 22.6. The minimum absolute atomic E-state index is 0.0696. The first kappa shape index (κ1) is 23.7. The third kappa shape index (κ3) is 4.16. The number of thiazole rings is 1. The number of carboxylic acid groups (broad SMARTS) is 1. The largest absolute Gasteiger partial charge is 0.465 e. The molecule has 35 heavy (non-hydrogen) atoms. The summed E-state index contributed by atoms with van der Waals surface area (Å²) in [5.74, 6) is 0. The molecule has 2 bridgehead atoms. The predicted octanol–water partition coefficient (Wildman–Crippen LogP) is 4.10. The molecular weight excluding hydrogens is 503 g/mol. The van der Waals surface area contributed by atoms with Crippen molar-refractivity contribution in [2.24, 2.45) is 0 Å². The molecule has 2 N–H and O–H groups in total. The number of hydrogen-bond acceptors (Lipinski definition) is 8. The fourth-order valence-corrected chi connectivity index (χ4v) is 5.14. The van der Waals surface area contributed by atoms with Crippen LogP contribution in [0.4, 0.5) is 32.8 Å². The van der Waals surface area contributed by atoms with Crippen molar-refractivity contribution in [1.82, 2.24) is 14.9 Å². The summed E-state index contributed by atoms with van der Waals surface area (Å²) >= 11 is 1.19. The number of oxazole rings is 1. The molecule has 15 heteroatoms. The van der Waals surface area contributed by atoms with Crippen molar-refractivity contribution in [1.29, 1.82) is 0 Å². The van der Waals surface area contributed by atoms with Gasteiger partial charge in [0.15, 0.2) is 11.7 Å². The molecule has 0 saturated carbocycles. The number of carbonyl (C=O) groups is 1. The van der Waals surface area contributed by atoms with E-state index < -0.39 is 36.7 Å². The highest BCUT2D eigenvalue weighted by atomic mass is 32.1. The number of rotatable bonds is 6. The molecule has 6 rings (SSSR count). The highest BCUT2D eigenvalue weighted by molar-refractivity contribution is 7.13. The maximum absolute atomic E-state index is 13.8. The first-order valence-corrected chi connectivity index (χ1v) is 11.2. The molecule has 1 aromatic carbocycles. The second kappa shape index (κ2) is 8.27. The summed E-state index contributed by atoms with van der Waals surface area (Å²) in [6, 6.07) is 1.50. The van der Waals surface area contributed by atoms with Crippen molar-refractivity contribution in [3.05, 3.63) is 29.3 Å². The molecule has 0 spiro atoms. The quantitative estimate of drug-likeness (QED) is 0.468. The average Bonchev–Trinajstić information content (AvgIpc) is 3.46. The van der Waals surface area contributed by atoms with Crippen molar-refractivity contribution in [2.75, 3.05) is 24.6 Å². The summed E-state index contributed by atoms with van der Waals surface area (Å²) < 4.78 is 78.7. The summed E-state index contributed by atoms with van der Waals surface area (Å²) in [6.45, 7) is -1.53. The molecule has 9 nitrogen and oxygen atoms in total. The second-order valence-electron chi connectivity index (χ2n) is 8.19. The van der Waals surface area contributed by atoms with Gasteiger partial charge in [-0.05, 0) is 12.5 Å². The Labute approximate surface area is 197 Å². The zero-order valence-electron chi connectivity index (χ0n) is 17.6. The van der Waals surface area contributed by atoms with E-state index in [0.29, 0.717) is 17.0 Å². The number of aliphatic hydroxyl groups excluding tert-OH is 1. The van der Waals surface area contributed by atoms with Gasteiger partial charge < -0.3 is 24.3 Å². The van der Waals surface area contributed by atoms with Crippen LogP contribution >= 0.6 is 11.3 Å². The number of halogens is 5. The number of aliphatic hydroxyl groups is 1. The maximum atomic E-state index is 13.8. The van der Waals surface area contributed by atoms with Gasteiger partial charge in [-0.1, -0.05) is 6.07 Å². The molecule has 1 amide bonds. The smallest absolute Gasteiger partial charge is 0.419 e. The van der Waals surface area contributed by atoms with E-state index >= 15 is 0 Å². The van der Waals surface area contributed by atoms with Gasteiger partial charge in [-0.25, -0.2) is 9.78 Å². The van der Waals surface area contributed by atoms with Crippen molar-refractivity contribution < 1.29 is 46.1 Å². The lowest BCUT2D eigenvalue weighted by Crippen LogP contribution is -2.70. The summed E-state index contributed by atoms with van der Waals surface area (Å²) in [5, 5.41) is 20.1. The monoisotopic (exact) mass is 520 g/mol. The van der Waals surface area contributed by atoms with E-state index in [1.165, 1.54) is 28.5 Å². The van der Waals surface area contributed by atoms with E-state index in [1.54, 1.807) is 10.3 Å². The fraction of sp³-hybridized carbons (Fsp3) is 0.450. The first-order chi connectivity index (χ1) is 16.5. The zero-order valence-corrected chi connectivity index (χ0v) is 18.4. The van der Waals surface area contributed by atoms with Gasteiger partial charge in [0, 0.05) is 30.2 Å². The molecule has 3 atom stereocenters. The Hall–Kier alpha value is -3.04. The van der Waals surface area contributed by atoms with Gasteiger partial charge in [0.25, 0.3) is 6.01 Å². The number of hydrogen-bond donors (Lipinski definition) is 2. The molecule has 188 valence electrons. The average molecular weight is 520 g/mol. The van der Waals surface area contributed by atoms with Crippen molar-refractivity contribution in [2.45, 2.75) is 36.9 Å². The lowest BCUT2D eigenvalue weighted by atomic mass is 9.88. The van der Waals surface area contributed by atoms with Gasteiger partial charge in [0.2, 0.25) is 0 Å². The Balaban J connectivity index is 1.60. The molecule has 2 aromatic heterocycles. The summed E-state index contributed by atoms with van der Waals surface area (Å²) in [7, 11) is 0. The number of anilines is 1. The molecule has 3 aromatic rings. The van der Waals surface area contributed by atoms with Crippen LogP contribution in [-0.4, -0.2) is 75.2 Å². The Kier molecular flexibility index (Phi) is 5.60. The second-order valence-corrected chi connectivity index (χ2v) is 9.08. The number of fused-ring (bicyclic) bond motifs is 3. The number of piperazine rings is 1. The number of benzene rings is 1. The van der Waals surface area contributed by atoms with Crippen molar-refractivity contribution >= 4 is 34.5 Å². The Morgan fingerprint density at radius 3 is 2.54 bits per heavy atom. The zero-order chi connectivity index (χ0) is 25.1. The Bertz CT molecular complexity index is 1240. The number of piperidine rings is 1. The van der Waals surface area contributed by atoms with Gasteiger partial charge in [-0.2, -0.15) is 26.9 Å². The minimum Gasteiger partial charge on any atom is -0.465 e. The maximum Gasteiger partial charge on any atom is 0.419 e. The van der Waals surface area contributed by atoms with Gasteiger partial charge in [-0.3, -0.25) is 4.90 Å². The molecule has 3 aliphatic heterocycles. The van der Waals surface area contributed by atoms with Gasteiger partial charge in [0.05, 0.1) is 17.6 Å². The lowest BCUT2D eigenvalue weighted by molar-refractivity contribution is -0.337. The minimum atomic E-state index is -5.26. The standard InChI is InChI=1S/C20H17F5N4O5S/c21-19(22,8-30)34-15(20(23,24)25)11-1-2-12(16-26-3-4-35-16)14-13(11)27-17(33-14)28-6-9-5-10(7-28)29(9)18(31)32/h1-4,9-10,15,30H,5-8H2,(H,31,32). The summed E-state index contributed by atoms with van der Waals surface area (Å²) in [6.07, 6.45) is -11.8. The van der Waals surface area contributed by atoms with Crippen LogP contribution in [0.25, 0.3) is 21.7 Å². The van der Waals surface area contributed by atoms with Crippen LogP contribution in [0.5, 0.6) is 0 Å². The van der Waals surface area contributed by atoms with E-state index in [0.717, 1.165) is 6.07 Å².